The first kappa shape index (κ1) is 24.1. The summed E-state index contributed by atoms with van der Waals surface area (Å²) in [7, 11) is 1.64. The molecule has 2 aromatic rings. The van der Waals surface area contributed by atoms with Gasteiger partial charge in [-0.05, 0) is 70.7 Å². The molecule has 8 heteroatoms. The Labute approximate surface area is 201 Å². The van der Waals surface area contributed by atoms with Gasteiger partial charge in [0.25, 0.3) is 5.91 Å². The highest BCUT2D eigenvalue weighted by Crippen LogP contribution is 2.33. The summed E-state index contributed by atoms with van der Waals surface area (Å²) < 4.78 is 12.7. The fourth-order valence-electron chi connectivity index (χ4n) is 4.85. The van der Waals surface area contributed by atoms with Gasteiger partial charge in [-0.15, -0.1) is 0 Å². The van der Waals surface area contributed by atoms with Crippen LogP contribution in [0.15, 0.2) is 30.5 Å². The number of hydrogen-bond acceptors (Lipinski definition) is 5. The van der Waals surface area contributed by atoms with E-state index in [4.69, 9.17) is 9.47 Å². The first-order valence-corrected chi connectivity index (χ1v) is 12.3. The van der Waals surface area contributed by atoms with Crippen LogP contribution in [0, 0.1) is 0 Å². The molecule has 1 aliphatic carbocycles. The summed E-state index contributed by atoms with van der Waals surface area (Å²) in [5, 5.41) is 7.84. The lowest BCUT2D eigenvalue weighted by molar-refractivity contribution is 0.0203. The van der Waals surface area contributed by atoms with Crippen LogP contribution >= 0.6 is 0 Å². The van der Waals surface area contributed by atoms with Crippen molar-refractivity contribution in [2.45, 2.75) is 76.9 Å². The minimum absolute atomic E-state index is 0.0590. The molecule has 2 aliphatic rings. The molecule has 8 nitrogen and oxygen atoms in total. The lowest BCUT2D eigenvalue weighted by atomic mass is 9.90. The third-order valence-electron chi connectivity index (χ3n) is 6.59. The molecule has 184 valence electrons. The molecule has 0 atom stereocenters. The number of likely N-dealkylation sites (tertiary alicyclic amines) is 1. The van der Waals surface area contributed by atoms with Gasteiger partial charge in [0.15, 0.2) is 0 Å². The highest BCUT2D eigenvalue weighted by molar-refractivity contribution is 5.95. The van der Waals surface area contributed by atoms with Crippen LogP contribution < -0.4 is 10.1 Å². The Balaban J connectivity index is 1.58. The predicted octanol–water partition coefficient (Wildman–Crippen LogP) is 4.67. The van der Waals surface area contributed by atoms with E-state index in [0.717, 1.165) is 55.7 Å². The highest BCUT2D eigenvalue weighted by Gasteiger charge is 2.32. The van der Waals surface area contributed by atoms with Crippen molar-refractivity contribution >= 4 is 12.0 Å². The fraction of sp³-hybridized carbons (Fsp3) is 0.577. The standard InChI is InChI=1S/C26H36N4O4/c1-26(2,3)34-25(32)29-15-13-18(14-16-29)23-22(24(31)28-19-7-5-6-8-19)17-27-30(23)20-9-11-21(33-4)12-10-20/h9-12,17-19H,5-8,13-16H2,1-4H3,(H,28,31). The molecular weight excluding hydrogens is 432 g/mol. The zero-order valence-corrected chi connectivity index (χ0v) is 20.7. The van der Waals surface area contributed by atoms with E-state index in [-0.39, 0.29) is 24.0 Å². The molecule has 1 aromatic heterocycles. The van der Waals surface area contributed by atoms with E-state index in [1.807, 2.05) is 49.7 Å². The molecule has 2 amide bonds. The van der Waals surface area contributed by atoms with E-state index < -0.39 is 5.60 Å². The number of hydrogen-bond donors (Lipinski definition) is 1. The number of aromatic nitrogens is 2. The Bertz CT molecular complexity index is 995. The summed E-state index contributed by atoms with van der Waals surface area (Å²) in [5.41, 5.74) is 1.89. The summed E-state index contributed by atoms with van der Waals surface area (Å²) in [5.74, 6) is 0.811. The molecule has 1 saturated carbocycles. The molecule has 1 saturated heterocycles. The Morgan fingerprint density at radius 3 is 2.26 bits per heavy atom. The van der Waals surface area contributed by atoms with Crippen molar-refractivity contribution < 1.29 is 19.1 Å². The largest absolute Gasteiger partial charge is 0.497 e. The summed E-state index contributed by atoms with van der Waals surface area (Å²) in [6.45, 7) is 6.79. The van der Waals surface area contributed by atoms with Crippen LogP contribution in [-0.4, -0.2) is 58.5 Å². The number of nitrogens with zero attached hydrogens (tertiary/aromatic N) is 3. The predicted molar refractivity (Wildman–Crippen MR) is 130 cm³/mol. The molecule has 1 N–H and O–H groups in total. The number of amides is 2. The van der Waals surface area contributed by atoms with Crippen LogP contribution in [-0.2, 0) is 4.74 Å². The van der Waals surface area contributed by atoms with Gasteiger partial charge in [-0.2, -0.15) is 5.10 Å². The van der Waals surface area contributed by atoms with Crippen molar-refractivity contribution in [2.75, 3.05) is 20.2 Å². The maximum Gasteiger partial charge on any atom is 0.410 e. The SMILES string of the molecule is COc1ccc(-n2ncc(C(=O)NC3CCCC3)c2C2CCN(C(=O)OC(C)(C)C)CC2)cc1. The number of carbonyl (C=O) groups is 2. The number of carbonyl (C=O) groups excluding carboxylic acids is 2. The van der Waals surface area contributed by atoms with Gasteiger partial charge in [-0.25, -0.2) is 9.48 Å². The van der Waals surface area contributed by atoms with Crippen molar-refractivity contribution in [2.24, 2.45) is 0 Å². The molecule has 2 heterocycles. The Morgan fingerprint density at radius 1 is 1.03 bits per heavy atom. The van der Waals surface area contributed by atoms with Gasteiger partial charge in [-0.1, -0.05) is 12.8 Å². The van der Waals surface area contributed by atoms with Gasteiger partial charge in [0, 0.05) is 25.0 Å². The van der Waals surface area contributed by atoms with Gasteiger partial charge in [0.1, 0.15) is 11.4 Å². The molecule has 2 fully saturated rings. The molecular formula is C26H36N4O4. The first-order valence-electron chi connectivity index (χ1n) is 12.3. The molecule has 1 aromatic carbocycles. The second kappa shape index (κ2) is 10.1. The third-order valence-corrected chi connectivity index (χ3v) is 6.59. The van der Waals surface area contributed by atoms with Crippen molar-refractivity contribution in [1.82, 2.24) is 20.0 Å². The van der Waals surface area contributed by atoms with Crippen molar-refractivity contribution in [3.05, 3.63) is 41.7 Å². The second-order valence-corrected chi connectivity index (χ2v) is 10.2. The average Bonchev–Trinajstić information content (AvgIpc) is 3.48. The maximum atomic E-state index is 13.3. The van der Waals surface area contributed by atoms with E-state index in [9.17, 15) is 9.59 Å². The molecule has 0 unspecified atom stereocenters. The smallest absolute Gasteiger partial charge is 0.410 e. The number of rotatable bonds is 5. The molecule has 0 radical (unpaired) electrons. The van der Waals surface area contributed by atoms with Crippen LogP contribution in [0.3, 0.4) is 0 Å². The number of benzene rings is 1. The van der Waals surface area contributed by atoms with Gasteiger partial charge in [-0.3, -0.25) is 4.79 Å². The lowest BCUT2D eigenvalue weighted by Gasteiger charge is -2.34. The molecule has 0 bridgehead atoms. The monoisotopic (exact) mass is 468 g/mol. The number of nitrogens with one attached hydrogen (secondary N) is 1. The molecule has 34 heavy (non-hydrogen) atoms. The summed E-state index contributed by atoms with van der Waals surface area (Å²) in [6, 6.07) is 7.92. The summed E-state index contributed by atoms with van der Waals surface area (Å²) in [6.07, 6.45) is 7.26. The number of ether oxygens (including phenoxy) is 2. The maximum absolute atomic E-state index is 13.3. The zero-order valence-electron chi connectivity index (χ0n) is 20.7. The second-order valence-electron chi connectivity index (χ2n) is 10.2. The lowest BCUT2D eigenvalue weighted by Crippen LogP contribution is -2.42. The Kier molecular flexibility index (Phi) is 7.14. The topological polar surface area (TPSA) is 85.7 Å². The van der Waals surface area contributed by atoms with Gasteiger partial charge >= 0.3 is 6.09 Å². The van der Waals surface area contributed by atoms with Crippen LogP contribution in [0.2, 0.25) is 0 Å². The van der Waals surface area contributed by atoms with Crippen molar-refractivity contribution in [1.29, 1.82) is 0 Å². The van der Waals surface area contributed by atoms with Crippen molar-refractivity contribution in [3.63, 3.8) is 0 Å². The van der Waals surface area contributed by atoms with Gasteiger partial charge in [0.05, 0.1) is 30.3 Å². The van der Waals surface area contributed by atoms with E-state index in [1.54, 1.807) is 18.2 Å². The molecule has 1 aliphatic heterocycles. The summed E-state index contributed by atoms with van der Waals surface area (Å²) >= 11 is 0. The van der Waals surface area contributed by atoms with E-state index in [1.165, 1.54) is 0 Å². The Hall–Kier alpha value is -3.03. The van der Waals surface area contributed by atoms with E-state index >= 15 is 0 Å². The van der Waals surface area contributed by atoms with Crippen LogP contribution in [0.4, 0.5) is 4.79 Å². The van der Waals surface area contributed by atoms with Gasteiger partial charge < -0.3 is 19.7 Å². The van der Waals surface area contributed by atoms with Crippen molar-refractivity contribution in [3.8, 4) is 11.4 Å². The normalized spacial score (nSPS) is 17.6. The fourth-order valence-corrected chi connectivity index (χ4v) is 4.85. The Morgan fingerprint density at radius 2 is 1.68 bits per heavy atom. The summed E-state index contributed by atoms with van der Waals surface area (Å²) in [4.78, 5) is 27.6. The zero-order chi connectivity index (χ0) is 24.3. The average molecular weight is 469 g/mol. The number of piperidine rings is 1. The minimum Gasteiger partial charge on any atom is -0.497 e. The van der Waals surface area contributed by atoms with E-state index in [2.05, 4.69) is 10.4 Å². The first-order chi connectivity index (χ1) is 16.2. The van der Waals surface area contributed by atoms with Gasteiger partial charge in [0.2, 0.25) is 0 Å². The quantitative estimate of drug-likeness (QED) is 0.689. The third kappa shape index (κ3) is 5.54. The molecule has 4 rings (SSSR count). The minimum atomic E-state index is -0.521. The van der Waals surface area contributed by atoms with Crippen LogP contribution in [0.5, 0.6) is 5.75 Å². The highest BCUT2D eigenvalue weighted by atomic mass is 16.6. The van der Waals surface area contributed by atoms with E-state index in [0.29, 0.717) is 18.7 Å². The molecule has 0 spiro atoms. The number of methoxy groups -OCH3 is 1. The van der Waals surface area contributed by atoms with Crippen LogP contribution in [0.25, 0.3) is 5.69 Å². The van der Waals surface area contributed by atoms with Crippen LogP contribution in [0.1, 0.15) is 81.3 Å².